The van der Waals surface area contributed by atoms with Crippen LogP contribution in [0.5, 0.6) is 0 Å². The maximum Gasteiger partial charge on any atom is 0.220 e. The highest BCUT2D eigenvalue weighted by molar-refractivity contribution is 7.19. The zero-order valence-electron chi connectivity index (χ0n) is 46.7. The Morgan fingerprint density at radius 2 is 0.663 bits per heavy atom. The van der Waals surface area contributed by atoms with Crippen molar-refractivity contribution in [2.45, 2.75) is 0 Å². The Bertz CT molecular complexity index is 5410. The maximum absolute atomic E-state index is 6.36. The molecule has 6 nitrogen and oxygen atoms in total. The molecular weight excluding hydrogens is 1060 g/mol. The van der Waals surface area contributed by atoms with E-state index < -0.39 is 8.07 Å². The van der Waals surface area contributed by atoms with Crippen LogP contribution in [0.15, 0.2) is 326 Å². The van der Waals surface area contributed by atoms with Crippen LogP contribution in [0.4, 0.5) is 0 Å². The zero-order chi connectivity index (χ0) is 56.7. The summed E-state index contributed by atoms with van der Waals surface area (Å²) in [5.74, 6) is 0.927. The summed E-state index contributed by atoms with van der Waals surface area (Å²) >= 11 is 0. The second kappa shape index (κ2) is 20.0. The van der Waals surface area contributed by atoms with Crippen molar-refractivity contribution in [3.63, 3.8) is 0 Å². The number of furan rings is 1. The van der Waals surface area contributed by atoms with Gasteiger partial charge in [0.15, 0.2) is 8.07 Å². The van der Waals surface area contributed by atoms with Gasteiger partial charge in [-0.1, -0.05) is 218 Å². The van der Waals surface area contributed by atoms with Crippen LogP contribution in [0.1, 0.15) is 0 Å². The summed E-state index contributed by atoms with van der Waals surface area (Å²) in [6.45, 7) is 0. The minimum atomic E-state index is -2.65. The van der Waals surface area contributed by atoms with Crippen molar-refractivity contribution in [1.29, 1.82) is 0 Å². The van der Waals surface area contributed by atoms with E-state index in [4.69, 9.17) is 9.40 Å². The van der Waals surface area contributed by atoms with Gasteiger partial charge in [0.25, 0.3) is 0 Å². The average Bonchev–Trinajstić information content (AvgIpc) is 1.57. The molecule has 86 heavy (non-hydrogen) atoms. The van der Waals surface area contributed by atoms with Gasteiger partial charge in [0.05, 0.1) is 44.1 Å². The first-order valence-electron chi connectivity index (χ1n) is 29.4. The first-order chi connectivity index (χ1) is 42.7. The predicted molar refractivity (Wildman–Crippen MR) is 361 cm³/mol. The van der Waals surface area contributed by atoms with Crippen LogP contribution < -0.4 is 20.7 Å². The second-order valence-corrected chi connectivity index (χ2v) is 26.1. The molecule has 0 bridgehead atoms. The van der Waals surface area contributed by atoms with E-state index in [2.05, 4.69) is 340 Å². The molecule has 18 aromatic rings. The van der Waals surface area contributed by atoms with Crippen molar-refractivity contribution < 1.29 is 4.42 Å². The van der Waals surface area contributed by atoms with Crippen molar-refractivity contribution >= 4 is 122 Å². The lowest BCUT2D eigenvalue weighted by molar-refractivity contribution is 0.669. The van der Waals surface area contributed by atoms with Gasteiger partial charge < -0.3 is 13.6 Å². The summed E-state index contributed by atoms with van der Waals surface area (Å²) in [4.78, 5) is 5.13. The van der Waals surface area contributed by atoms with E-state index in [1.807, 2.05) is 0 Å². The summed E-state index contributed by atoms with van der Waals surface area (Å²) in [6, 6.07) is 116. The Morgan fingerprint density at radius 3 is 1.22 bits per heavy atom. The Labute approximate surface area is 496 Å². The largest absolute Gasteiger partial charge is 0.456 e. The van der Waals surface area contributed by atoms with Gasteiger partial charge in [-0.15, -0.1) is 0 Å². The number of imidazole rings is 2. The topological polar surface area (TPSA) is 45.2 Å². The second-order valence-electron chi connectivity index (χ2n) is 22.2. The molecule has 0 saturated carbocycles. The highest BCUT2D eigenvalue weighted by atomic mass is 28.3. The Kier molecular flexibility index (Phi) is 11.5. The molecule has 0 aliphatic heterocycles. The third-order valence-corrected chi connectivity index (χ3v) is 22.3. The molecule has 0 saturated heterocycles. The number of aromatic nitrogens is 5. The molecule has 5 aromatic heterocycles. The predicted octanol–water partition coefficient (Wildman–Crippen LogP) is 17.3. The molecule has 404 valence electrons. The van der Waals surface area contributed by atoms with Crippen LogP contribution in [0, 0.1) is 0 Å². The van der Waals surface area contributed by atoms with E-state index in [1.54, 1.807) is 0 Å². The lowest BCUT2D eigenvalue weighted by Crippen LogP contribution is -2.74. The molecule has 0 amide bonds. The van der Waals surface area contributed by atoms with Crippen molar-refractivity contribution in [3.8, 4) is 28.2 Å². The fraction of sp³-hybridized carbons (Fsp3) is 0. The number of hydrogen-bond acceptors (Lipinski definition) is 2. The molecule has 0 spiro atoms. The summed E-state index contributed by atoms with van der Waals surface area (Å²) in [7, 11) is -2.65. The summed E-state index contributed by atoms with van der Waals surface area (Å²) in [5, 5.41) is 12.7. The highest BCUT2D eigenvalue weighted by Crippen LogP contribution is 2.39. The van der Waals surface area contributed by atoms with E-state index >= 15 is 0 Å². The van der Waals surface area contributed by atoms with Gasteiger partial charge in [-0.2, -0.15) is 0 Å². The van der Waals surface area contributed by atoms with E-state index in [1.165, 1.54) is 69.9 Å². The highest BCUT2D eigenvalue weighted by Gasteiger charge is 2.41. The molecule has 0 aliphatic carbocycles. The lowest BCUT2D eigenvalue weighted by Gasteiger charge is -2.34. The van der Waals surface area contributed by atoms with E-state index in [0.29, 0.717) is 0 Å². The van der Waals surface area contributed by atoms with Gasteiger partial charge in [-0.05, 0) is 135 Å². The molecule has 0 fully saturated rings. The number of fused-ring (bicyclic) bond motifs is 14. The van der Waals surface area contributed by atoms with Gasteiger partial charge in [0, 0.05) is 49.4 Å². The number of para-hydroxylation sites is 8. The van der Waals surface area contributed by atoms with Gasteiger partial charge in [-0.3, -0.25) is 8.97 Å². The number of rotatable bonds is 8. The minimum absolute atomic E-state index is 0.894. The van der Waals surface area contributed by atoms with E-state index in [9.17, 15) is 0 Å². The third-order valence-electron chi connectivity index (χ3n) is 17.6. The Morgan fingerprint density at radius 1 is 0.256 bits per heavy atom. The standard InChI is InChI=1S/C42H26N2O.C37H27N3Si/c1-5-16-37-31(12-1)32-13-2-6-17-38(32)43(37)29-11-9-10-27(24-29)28-20-22-41-35(25-28)36-26-30(21-23-42(36)45-41)44-39-18-7-3-14-33(39)34-15-4-8-19-40(34)44;1-4-16-29(17-5-1)41(30-18-6-2-7-19-30,31-20-8-3-9-21-31)32-22-14-15-28(27-32)39-35-25-12-13-26-36(35)40-34-24-11-10-23-33(34)38-37(39)40/h1-26H;1-27H. The Balaban J connectivity index is 0.000000135. The third kappa shape index (κ3) is 7.68. The smallest absolute Gasteiger partial charge is 0.220 e. The molecule has 7 heteroatoms. The molecule has 13 aromatic carbocycles. The number of benzene rings is 13. The van der Waals surface area contributed by atoms with Crippen LogP contribution in [0.25, 0.3) is 122 Å². The molecule has 0 aliphatic rings. The van der Waals surface area contributed by atoms with Crippen molar-refractivity contribution in [2.24, 2.45) is 0 Å². The molecular formula is C79H53N5OSi. The molecule has 0 N–H and O–H groups in total. The van der Waals surface area contributed by atoms with E-state index in [0.717, 1.165) is 72.4 Å². The van der Waals surface area contributed by atoms with Gasteiger partial charge in [0.2, 0.25) is 5.78 Å². The SMILES string of the molecule is c1cc(-c2ccc3oc4ccc(-n5c6ccccc6c6ccccc65)cc4c3c2)cc(-n2c3ccccc3c3ccccc32)c1.c1ccc([Si](c2ccccc2)(c2ccccc2)c2cccc(-n3c4ccccc4n4c5ccccc5nc34)c2)cc1. The molecule has 0 unspecified atom stereocenters. The van der Waals surface area contributed by atoms with Crippen LogP contribution in [0.2, 0.25) is 0 Å². The van der Waals surface area contributed by atoms with Crippen molar-refractivity contribution in [1.82, 2.24) is 23.1 Å². The summed E-state index contributed by atoms with van der Waals surface area (Å²) < 4.78 is 15.7. The van der Waals surface area contributed by atoms with Gasteiger partial charge in [-0.25, -0.2) is 4.98 Å². The Hall–Kier alpha value is -11.3. The average molecular weight is 1120 g/mol. The monoisotopic (exact) mass is 1120 g/mol. The summed E-state index contributed by atoms with van der Waals surface area (Å²) in [5.41, 5.74) is 16.8. The minimum Gasteiger partial charge on any atom is -0.456 e. The lowest BCUT2D eigenvalue weighted by atomic mass is 10.0. The van der Waals surface area contributed by atoms with Crippen LogP contribution in [-0.2, 0) is 0 Å². The fourth-order valence-corrected chi connectivity index (χ4v) is 18.6. The van der Waals surface area contributed by atoms with Crippen LogP contribution in [0.3, 0.4) is 0 Å². The quantitative estimate of drug-likeness (QED) is 0.112. The van der Waals surface area contributed by atoms with Crippen molar-refractivity contribution in [2.75, 3.05) is 0 Å². The fourth-order valence-electron chi connectivity index (χ4n) is 13.9. The van der Waals surface area contributed by atoms with Gasteiger partial charge in [0.1, 0.15) is 11.2 Å². The normalized spacial score (nSPS) is 12.0. The first kappa shape index (κ1) is 49.4. The number of hydrogen-bond donors (Lipinski definition) is 0. The molecule has 5 heterocycles. The zero-order valence-corrected chi connectivity index (χ0v) is 47.7. The van der Waals surface area contributed by atoms with Crippen LogP contribution >= 0.6 is 0 Å². The number of nitrogens with zero attached hydrogens (tertiary/aromatic N) is 5. The van der Waals surface area contributed by atoms with Gasteiger partial charge >= 0.3 is 0 Å². The van der Waals surface area contributed by atoms with Crippen LogP contribution in [-0.4, -0.2) is 31.2 Å². The molecule has 0 atom stereocenters. The molecule has 0 radical (unpaired) electrons. The maximum atomic E-state index is 6.36. The van der Waals surface area contributed by atoms with Crippen molar-refractivity contribution in [3.05, 3.63) is 322 Å². The summed E-state index contributed by atoms with van der Waals surface area (Å²) in [6.07, 6.45) is 0. The van der Waals surface area contributed by atoms with E-state index in [-0.39, 0.29) is 0 Å². The molecule has 18 rings (SSSR count). The first-order valence-corrected chi connectivity index (χ1v) is 31.4.